The van der Waals surface area contributed by atoms with Crippen LogP contribution in [0.1, 0.15) is 34.1 Å². The number of rotatable bonds is 3. The Morgan fingerprint density at radius 2 is 1.21 bits per heavy atom. The van der Waals surface area contributed by atoms with E-state index in [-0.39, 0.29) is 0 Å². The van der Waals surface area contributed by atoms with Crippen LogP contribution in [-0.2, 0) is 0 Å². The van der Waals surface area contributed by atoms with Crippen LogP contribution in [0.5, 0.6) is 0 Å². The van der Waals surface area contributed by atoms with Crippen LogP contribution in [0.2, 0.25) is 0 Å². The molecule has 1 aliphatic carbocycles. The molecule has 1 saturated carbocycles. The molecule has 0 aromatic rings. The highest BCUT2D eigenvalue weighted by Gasteiger charge is 2.40. The van der Waals surface area contributed by atoms with Gasteiger partial charge >= 0.3 is 0 Å². The molecule has 0 aromatic heterocycles. The standard InChI is InChI=1S/C13H27N/c1-9-10(2)12(4)13(11(9)3)7-8-14(5)6/h9-13H,7-8H2,1-6H3. The van der Waals surface area contributed by atoms with E-state index in [1.165, 1.54) is 13.0 Å². The summed E-state index contributed by atoms with van der Waals surface area (Å²) in [7, 11) is 4.36. The first kappa shape index (κ1) is 12.0. The summed E-state index contributed by atoms with van der Waals surface area (Å²) < 4.78 is 0. The van der Waals surface area contributed by atoms with Gasteiger partial charge in [0, 0.05) is 0 Å². The van der Waals surface area contributed by atoms with E-state index in [0.717, 1.165) is 29.6 Å². The minimum Gasteiger partial charge on any atom is -0.309 e. The first-order chi connectivity index (χ1) is 6.45. The highest BCUT2D eigenvalue weighted by atomic mass is 15.0. The third kappa shape index (κ3) is 2.31. The van der Waals surface area contributed by atoms with Crippen LogP contribution in [0.4, 0.5) is 0 Å². The molecule has 1 aliphatic rings. The third-order valence-corrected chi connectivity index (χ3v) is 4.75. The van der Waals surface area contributed by atoms with E-state index < -0.39 is 0 Å². The Morgan fingerprint density at radius 3 is 1.57 bits per heavy atom. The summed E-state index contributed by atoms with van der Waals surface area (Å²) in [6.45, 7) is 11.0. The van der Waals surface area contributed by atoms with E-state index in [4.69, 9.17) is 0 Å². The van der Waals surface area contributed by atoms with Crippen LogP contribution in [0.25, 0.3) is 0 Å². The Kier molecular flexibility index (Phi) is 4.00. The Hall–Kier alpha value is -0.0400. The summed E-state index contributed by atoms with van der Waals surface area (Å²) in [6.07, 6.45) is 1.38. The lowest BCUT2D eigenvalue weighted by Gasteiger charge is -2.23. The SMILES string of the molecule is CC1C(C)C(C)C(CCN(C)C)C1C. The van der Waals surface area contributed by atoms with Crippen molar-refractivity contribution in [3.05, 3.63) is 0 Å². The van der Waals surface area contributed by atoms with Crippen LogP contribution >= 0.6 is 0 Å². The second-order valence-corrected chi connectivity index (χ2v) is 5.69. The summed E-state index contributed by atoms with van der Waals surface area (Å²) >= 11 is 0. The first-order valence-electron chi connectivity index (χ1n) is 6.09. The summed E-state index contributed by atoms with van der Waals surface area (Å²) in [5.41, 5.74) is 0. The predicted molar refractivity (Wildman–Crippen MR) is 63.3 cm³/mol. The zero-order valence-electron chi connectivity index (χ0n) is 10.7. The molecule has 0 spiro atoms. The lowest BCUT2D eigenvalue weighted by atomic mass is 9.86. The molecule has 0 heterocycles. The quantitative estimate of drug-likeness (QED) is 0.672. The molecule has 1 fully saturated rings. The van der Waals surface area contributed by atoms with Gasteiger partial charge in [-0.25, -0.2) is 0 Å². The van der Waals surface area contributed by atoms with Crippen LogP contribution < -0.4 is 0 Å². The van der Waals surface area contributed by atoms with Crippen molar-refractivity contribution in [2.45, 2.75) is 34.1 Å². The fourth-order valence-corrected chi connectivity index (χ4v) is 3.15. The normalized spacial score (nSPS) is 43.5. The molecule has 4 atom stereocenters. The maximum absolute atomic E-state index is 2.45. The monoisotopic (exact) mass is 197 g/mol. The van der Waals surface area contributed by atoms with Crippen LogP contribution in [0, 0.1) is 29.6 Å². The molecule has 4 unspecified atom stereocenters. The summed E-state index contributed by atoms with van der Waals surface area (Å²) in [6, 6.07) is 0. The molecular weight excluding hydrogens is 170 g/mol. The fraction of sp³-hybridized carbons (Fsp3) is 1.00. The molecule has 84 valence electrons. The average molecular weight is 197 g/mol. The largest absolute Gasteiger partial charge is 0.309 e. The second kappa shape index (κ2) is 4.65. The number of hydrogen-bond donors (Lipinski definition) is 0. The molecule has 0 bridgehead atoms. The molecule has 1 nitrogen and oxygen atoms in total. The summed E-state index contributed by atoms with van der Waals surface area (Å²) in [5, 5.41) is 0. The molecule has 14 heavy (non-hydrogen) atoms. The van der Waals surface area contributed by atoms with Gasteiger partial charge in [-0.1, -0.05) is 27.7 Å². The van der Waals surface area contributed by atoms with Crippen LogP contribution in [0.15, 0.2) is 0 Å². The number of hydrogen-bond acceptors (Lipinski definition) is 1. The molecule has 0 N–H and O–H groups in total. The van der Waals surface area contributed by atoms with Gasteiger partial charge in [0.15, 0.2) is 0 Å². The predicted octanol–water partition coefficient (Wildman–Crippen LogP) is 3.11. The van der Waals surface area contributed by atoms with Crippen molar-refractivity contribution >= 4 is 0 Å². The summed E-state index contributed by atoms with van der Waals surface area (Å²) in [5.74, 6) is 4.61. The summed E-state index contributed by atoms with van der Waals surface area (Å²) in [4.78, 5) is 2.31. The molecular formula is C13H27N. The van der Waals surface area contributed by atoms with Crippen LogP contribution in [0.3, 0.4) is 0 Å². The van der Waals surface area contributed by atoms with Crippen LogP contribution in [-0.4, -0.2) is 25.5 Å². The Bertz CT molecular complexity index is 162. The molecule has 0 saturated heterocycles. The molecule has 1 heteroatoms. The van der Waals surface area contributed by atoms with Crippen molar-refractivity contribution in [3.8, 4) is 0 Å². The maximum atomic E-state index is 2.45. The fourth-order valence-electron chi connectivity index (χ4n) is 3.15. The lowest BCUT2D eigenvalue weighted by molar-refractivity contribution is 0.260. The van der Waals surface area contributed by atoms with Gasteiger partial charge in [0.25, 0.3) is 0 Å². The average Bonchev–Trinajstić information content (AvgIpc) is 2.29. The van der Waals surface area contributed by atoms with Crippen molar-refractivity contribution < 1.29 is 0 Å². The smallest absolute Gasteiger partial charge is 0.00220 e. The lowest BCUT2D eigenvalue weighted by Crippen LogP contribution is -2.21. The van der Waals surface area contributed by atoms with E-state index in [2.05, 4.69) is 46.7 Å². The Labute approximate surface area is 89.9 Å². The molecule has 0 aliphatic heterocycles. The van der Waals surface area contributed by atoms with Gasteiger partial charge < -0.3 is 4.90 Å². The van der Waals surface area contributed by atoms with Gasteiger partial charge in [-0.3, -0.25) is 0 Å². The maximum Gasteiger partial charge on any atom is -0.00220 e. The van der Waals surface area contributed by atoms with E-state index in [1.54, 1.807) is 0 Å². The van der Waals surface area contributed by atoms with Gasteiger partial charge in [0.1, 0.15) is 0 Å². The second-order valence-electron chi connectivity index (χ2n) is 5.69. The minimum absolute atomic E-state index is 0.914. The van der Waals surface area contributed by atoms with Crippen molar-refractivity contribution in [1.29, 1.82) is 0 Å². The Balaban J connectivity index is 2.52. The minimum atomic E-state index is 0.914. The molecule has 1 rings (SSSR count). The zero-order valence-corrected chi connectivity index (χ0v) is 10.7. The van der Waals surface area contributed by atoms with E-state index in [0.29, 0.717) is 0 Å². The van der Waals surface area contributed by atoms with E-state index in [9.17, 15) is 0 Å². The topological polar surface area (TPSA) is 3.24 Å². The highest BCUT2D eigenvalue weighted by Crippen LogP contribution is 2.46. The molecule has 0 radical (unpaired) electrons. The zero-order chi connectivity index (χ0) is 10.9. The van der Waals surface area contributed by atoms with E-state index in [1.807, 2.05) is 0 Å². The number of nitrogens with zero attached hydrogens (tertiary/aromatic N) is 1. The van der Waals surface area contributed by atoms with Crippen molar-refractivity contribution in [2.24, 2.45) is 29.6 Å². The Morgan fingerprint density at radius 1 is 0.786 bits per heavy atom. The van der Waals surface area contributed by atoms with Crippen molar-refractivity contribution in [3.63, 3.8) is 0 Å². The van der Waals surface area contributed by atoms with Gasteiger partial charge in [0.05, 0.1) is 0 Å². The van der Waals surface area contributed by atoms with Gasteiger partial charge in [-0.2, -0.15) is 0 Å². The van der Waals surface area contributed by atoms with Crippen molar-refractivity contribution in [1.82, 2.24) is 4.90 Å². The molecule has 0 aromatic carbocycles. The first-order valence-corrected chi connectivity index (χ1v) is 6.09. The molecule has 0 amide bonds. The highest BCUT2D eigenvalue weighted by molar-refractivity contribution is 4.89. The van der Waals surface area contributed by atoms with Gasteiger partial charge in [-0.15, -0.1) is 0 Å². The third-order valence-electron chi connectivity index (χ3n) is 4.75. The van der Waals surface area contributed by atoms with Crippen molar-refractivity contribution in [2.75, 3.05) is 20.6 Å². The van der Waals surface area contributed by atoms with E-state index >= 15 is 0 Å². The van der Waals surface area contributed by atoms with Gasteiger partial charge in [0.2, 0.25) is 0 Å². The van der Waals surface area contributed by atoms with Gasteiger partial charge in [-0.05, 0) is 56.7 Å².